The number of rotatable bonds is 3. The van der Waals surface area contributed by atoms with Crippen molar-refractivity contribution in [3.05, 3.63) is 40.5 Å². The lowest BCUT2D eigenvalue weighted by Gasteiger charge is -2.08. The normalized spacial score (nSPS) is 11.0. The topological polar surface area (TPSA) is 63.8 Å². The summed E-state index contributed by atoms with van der Waals surface area (Å²) in [5.74, 6) is 6.32. The van der Waals surface area contributed by atoms with Gasteiger partial charge < -0.3 is 5.43 Å². The van der Waals surface area contributed by atoms with Gasteiger partial charge in [0.05, 0.1) is 5.39 Å². The molecule has 0 aliphatic rings. The van der Waals surface area contributed by atoms with Crippen molar-refractivity contribution >= 4 is 27.4 Å². The summed E-state index contributed by atoms with van der Waals surface area (Å²) in [7, 11) is 0. The monoisotopic (exact) mass is 298 g/mol. The Kier molecular flexibility index (Phi) is 3.61. The van der Waals surface area contributed by atoms with E-state index in [-0.39, 0.29) is 0 Å². The number of nitrogens with two attached hydrogens (primary N) is 1. The summed E-state index contributed by atoms with van der Waals surface area (Å²) >= 11 is 1.71. The molecule has 0 aliphatic heterocycles. The van der Waals surface area contributed by atoms with Gasteiger partial charge in [-0.15, -0.1) is 11.3 Å². The second kappa shape index (κ2) is 5.42. The molecule has 108 valence electrons. The van der Waals surface area contributed by atoms with Gasteiger partial charge in [0, 0.05) is 10.4 Å². The van der Waals surface area contributed by atoms with Gasteiger partial charge in [-0.1, -0.05) is 25.1 Å². The maximum absolute atomic E-state index is 5.63. The predicted molar refractivity (Wildman–Crippen MR) is 89.5 cm³/mol. The maximum Gasteiger partial charge on any atom is 0.152 e. The van der Waals surface area contributed by atoms with Crippen LogP contribution in [0.2, 0.25) is 0 Å². The van der Waals surface area contributed by atoms with E-state index >= 15 is 0 Å². The van der Waals surface area contributed by atoms with Gasteiger partial charge in [0.1, 0.15) is 11.2 Å². The number of nitrogen functional groups attached to an aromatic ring is 1. The number of aryl methyl sites for hydroxylation is 3. The summed E-state index contributed by atoms with van der Waals surface area (Å²) in [6, 6.07) is 6.55. The Labute approximate surface area is 128 Å². The van der Waals surface area contributed by atoms with Crippen LogP contribution in [-0.4, -0.2) is 9.97 Å². The minimum atomic E-state index is 0.684. The summed E-state index contributed by atoms with van der Waals surface area (Å²) in [6.07, 6.45) is 2.52. The van der Waals surface area contributed by atoms with Gasteiger partial charge in [0.15, 0.2) is 5.82 Å². The second-order valence-corrected chi connectivity index (χ2v) is 6.18. The van der Waals surface area contributed by atoms with E-state index in [0.717, 1.165) is 16.6 Å². The Morgan fingerprint density at radius 1 is 1.19 bits per heavy atom. The van der Waals surface area contributed by atoms with Crippen molar-refractivity contribution < 1.29 is 0 Å². The van der Waals surface area contributed by atoms with Crippen LogP contribution in [0.1, 0.15) is 22.9 Å². The first-order valence-electron chi connectivity index (χ1n) is 6.96. The molecular weight excluding hydrogens is 280 g/mol. The zero-order valence-electron chi connectivity index (χ0n) is 12.4. The molecule has 2 aromatic heterocycles. The molecule has 0 bridgehead atoms. The number of hydrazine groups is 1. The molecule has 0 saturated carbocycles. The van der Waals surface area contributed by atoms with Crippen LogP contribution in [0.4, 0.5) is 5.82 Å². The van der Waals surface area contributed by atoms with E-state index in [0.29, 0.717) is 5.82 Å². The number of nitrogens with zero attached hydrogens (tertiary/aromatic N) is 2. The summed E-state index contributed by atoms with van der Waals surface area (Å²) in [5, 5.41) is 1.02. The van der Waals surface area contributed by atoms with E-state index in [1.54, 1.807) is 17.7 Å². The van der Waals surface area contributed by atoms with E-state index in [2.05, 4.69) is 54.4 Å². The summed E-state index contributed by atoms with van der Waals surface area (Å²) < 4.78 is 0. The van der Waals surface area contributed by atoms with Crippen LogP contribution in [0.25, 0.3) is 21.3 Å². The van der Waals surface area contributed by atoms with Gasteiger partial charge in [-0.05, 0) is 37.0 Å². The quantitative estimate of drug-likeness (QED) is 0.570. The van der Waals surface area contributed by atoms with Crippen LogP contribution in [0, 0.1) is 13.8 Å². The number of aromatic nitrogens is 2. The van der Waals surface area contributed by atoms with Gasteiger partial charge in [-0.2, -0.15) is 0 Å². The molecule has 0 unspecified atom stereocenters. The molecule has 0 fully saturated rings. The number of thiophene rings is 1. The number of benzene rings is 1. The molecule has 1 aromatic carbocycles. The van der Waals surface area contributed by atoms with Crippen molar-refractivity contribution in [2.75, 3.05) is 5.43 Å². The van der Waals surface area contributed by atoms with E-state index in [4.69, 9.17) is 5.84 Å². The Morgan fingerprint density at radius 2 is 2.00 bits per heavy atom. The molecule has 0 atom stereocenters. The minimum Gasteiger partial charge on any atom is -0.308 e. The molecule has 0 amide bonds. The van der Waals surface area contributed by atoms with Crippen LogP contribution in [0.5, 0.6) is 0 Å². The van der Waals surface area contributed by atoms with Gasteiger partial charge in [0.25, 0.3) is 0 Å². The van der Waals surface area contributed by atoms with Crippen LogP contribution >= 0.6 is 11.3 Å². The van der Waals surface area contributed by atoms with E-state index < -0.39 is 0 Å². The third-order valence-electron chi connectivity index (χ3n) is 3.81. The van der Waals surface area contributed by atoms with Crippen LogP contribution in [-0.2, 0) is 6.42 Å². The average molecular weight is 298 g/mol. The summed E-state index contributed by atoms with van der Waals surface area (Å²) in [5.41, 5.74) is 7.68. The molecular formula is C16H18N4S. The molecule has 3 rings (SSSR count). The Balaban J connectivity index is 2.36. The highest BCUT2D eigenvalue weighted by Crippen LogP contribution is 2.41. The zero-order valence-corrected chi connectivity index (χ0v) is 13.2. The smallest absolute Gasteiger partial charge is 0.152 e. The summed E-state index contributed by atoms with van der Waals surface area (Å²) in [6.45, 7) is 6.43. The number of nitrogens with one attached hydrogen (secondary N) is 1. The number of hydrogen-bond acceptors (Lipinski definition) is 5. The van der Waals surface area contributed by atoms with Crippen molar-refractivity contribution in [3.8, 4) is 11.1 Å². The molecule has 0 spiro atoms. The van der Waals surface area contributed by atoms with E-state index in [1.807, 2.05) is 0 Å². The Hall–Kier alpha value is -1.98. The fraction of sp³-hybridized carbons (Fsp3) is 0.250. The molecule has 21 heavy (non-hydrogen) atoms. The molecule has 0 radical (unpaired) electrons. The molecule has 4 nitrogen and oxygen atoms in total. The fourth-order valence-electron chi connectivity index (χ4n) is 2.54. The highest BCUT2D eigenvalue weighted by atomic mass is 32.1. The SMILES string of the molecule is CCc1sc2ncnc(NN)c2c1-c1ccc(C)c(C)c1. The minimum absolute atomic E-state index is 0.684. The molecule has 3 aromatic rings. The van der Waals surface area contributed by atoms with Crippen molar-refractivity contribution in [2.24, 2.45) is 5.84 Å². The fourth-order valence-corrected chi connectivity index (χ4v) is 3.64. The van der Waals surface area contributed by atoms with Crippen molar-refractivity contribution in [1.82, 2.24) is 9.97 Å². The Morgan fingerprint density at radius 3 is 2.67 bits per heavy atom. The summed E-state index contributed by atoms with van der Waals surface area (Å²) in [4.78, 5) is 10.9. The Bertz CT molecular complexity index is 807. The average Bonchev–Trinajstić information content (AvgIpc) is 2.88. The first kappa shape index (κ1) is 14.0. The third kappa shape index (κ3) is 2.28. The largest absolute Gasteiger partial charge is 0.308 e. The van der Waals surface area contributed by atoms with Gasteiger partial charge in [-0.25, -0.2) is 15.8 Å². The molecule has 5 heteroatoms. The van der Waals surface area contributed by atoms with Crippen LogP contribution < -0.4 is 11.3 Å². The lowest BCUT2D eigenvalue weighted by Crippen LogP contribution is -2.09. The number of hydrogen-bond donors (Lipinski definition) is 2. The van der Waals surface area contributed by atoms with E-state index in [9.17, 15) is 0 Å². The van der Waals surface area contributed by atoms with Crippen molar-refractivity contribution in [1.29, 1.82) is 0 Å². The van der Waals surface area contributed by atoms with Crippen molar-refractivity contribution in [2.45, 2.75) is 27.2 Å². The molecule has 3 N–H and O–H groups in total. The van der Waals surface area contributed by atoms with E-state index in [1.165, 1.54) is 27.1 Å². The standard InChI is InChI=1S/C16H18N4S/c1-4-12-13(11-6-5-9(2)10(3)7-11)14-15(20-17)18-8-19-16(14)21-12/h5-8H,4,17H2,1-3H3,(H,18,19,20). The number of anilines is 1. The highest BCUT2D eigenvalue weighted by molar-refractivity contribution is 7.19. The van der Waals surface area contributed by atoms with Gasteiger partial charge >= 0.3 is 0 Å². The van der Waals surface area contributed by atoms with Crippen LogP contribution in [0.15, 0.2) is 24.5 Å². The second-order valence-electron chi connectivity index (χ2n) is 5.10. The first-order chi connectivity index (χ1) is 10.2. The van der Waals surface area contributed by atoms with Crippen LogP contribution in [0.3, 0.4) is 0 Å². The highest BCUT2D eigenvalue weighted by Gasteiger charge is 2.17. The molecule has 0 saturated heterocycles. The van der Waals surface area contributed by atoms with Crippen molar-refractivity contribution in [3.63, 3.8) is 0 Å². The maximum atomic E-state index is 5.63. The lowest BCUT2D eigenvalue weighted by molar-refractivity contribution is 1.18. The third-order valence-corrected chi connectivity index (χ3v) is 5.06. The zero-order chi connectivity index (χ0) is 15.0. The predicted octanol–water partition coefficient (Wildman–Crippen LogP) is 3.82. The lowest BCUT2D eigenvalue weighted by atomic mass is 9.98. The first-order valence-corrected chi connectivity index (χ1v) is 7.78. The molecule has 0 aliphatic carbocycles. The van der Waals surface area contributed by atoms with Gasteiger partial charge in [0.2, 0.25) is 0 Å². The number of fused-ring (bicyclic) bond motifs is 1. The van der Waals surface area contributed by atoms with Gasteiger partial charge in [-0.3, -0.25) is 0 Å². The molecule has 2 heterocycles.